The van der Waals surface area contributed by atoms with Crippen molar-refractivity contribution in [3.8, 4) is 0 Å². The predicted molar refractivity (Wildman–Crippen MR) is 92.5 cm³/mol. The summed E-state index contributed by atoms with van der Waals surface area (Å²) in [5, 5.41) is 2.71. The minimum Gasteiger partial charge on any atom is -0.350 e. The molecule has 0 bridgehead atoms. The smallest absolute Gasteiger partial charge is 0.304 e. The average Bonchev–Trinajstić information content (AvgIpc) is 2.59. The van der Waals surface area contributed by atoms with Crippen molar-refractivity contribution in [1.82, 2.24) is 14.6 Å². The highest BCUT2D eigenvalue weighted by Crippen LogP contribution is 2.18. The molecule has 0 unspecified atom stereocenters. The lowest BCUT2D eigenvalue weighted by molar-refractivity contribution is -0.119. The molecule has 0 atom stereocenters. The molecule has 0 saturated carbocycles. The summed E-state index contributed by atoms with van der Waals surface area (Å²) in [7, 11) is -0.918. The van der Waals surface area contributed by atoms with Gasteiger partial charge in [-0.1, -0.05) is 24.3 Å². The molecule has 128 valence electrons. The molecule has 8 heteroatoms. The van der Waals surface area contributed by atoms with E-state index < -0.39 is 16.1 Å². The zero-order chi connectivity index (χ0) is 17.6. The number of aromatic nitrogens is 1. The quantitative estimate of drug-likeness (QED) is 0.810. The van der Waals surface area contributed by atoms with Crippen LogP contribution in [-0.4, -0.2) is 44.3 Å². The first-order valence-corrected chi connectivity index (χ1v) is 8.72. The van der Waals surface area contributed by atoms with Gasteiger partial charge in [-0.05, 0) is 23.8 Å². The molecule has 0 saturated heterocycles. The number of hydrogen-bond acceptors (Lipinski definition) is 4. The Balaban J connectivity index is 2.12. The van der Waals surface area contributed by atoms with E-state index in [4.69, 9.17) is 0 Å². The molecule has 1 heterocycles. The fourth-order valence-corrected chi connectivity index (χ4v) is 3.05. The van der Waals surface area contributed by atoms with Gasteiger partial charge in [0.25, 0.3) is 0 Å². The van der Waals surface area contributed by atoms with Gasteiger partial charge >= 0.3 is 10.2 Å². The Labute approximate surface area is 142 Å². The molecule has 1 aromatic carbocycles. The maximum absolute atomic E-state index is 12.5. The Bertz CT molecular complexity index is 764. The van der Waals surface area contributed by atoms with Gasteiger partial charge in [-0.25, -0.2) is 4.31 Å². The van der Waals surface area contributed by atoms with Crippen LogP contribution in [0.1, 0.15) is 5.56 Å². The van der Waals surface area contributed by atoms with E-state index >= 15 is 0 Å². The Morgan fingerprint density at radius 1 is 1.12 bits per heavy atom. The number of amides is 1. The standard InChI is InChI=1S/C16H20N4O3S/c1-19(2)24(22,23)20(15-8-4-3-5-9-15)13-16(21)18-12-14-7-6-10-17-11-14/h3-11H,12-13H2,1-2H3,(H,18,21). The Morgan fingerprint density at radius 2 is 1.83 bits per heavy atom. The van der Waals surface area contributed by atoms with E-state index in [1.165, 1.54) is 14.1 Å². The first-order valence-electron chi connectivity index (χ1n) is 7.32. The minimum atomic E-state index is -3.78. The highest BCUT2D eigenvalue weighted by atomic mass is 32.2. The molecule has 0 aliphatic rings. The van der Waals surface area contributed by atoms with Crippen molar-refractivity contribution in [3.63, 3.8) is 0 Å². The van der Waals surface area contributed by atoms with Gasteiger partial charge in [0.1, 0.15) is 6.54 Å². The second-order valence-corrected chi connectivity index (χ2v) is 7.34. The van der Waals surface area contributed by atoms with Gasteiger partial charge in [0.05, 0.1) is 5.69 Å². The van der Waals surface area contributed by atoms with Crippen LogP contribution in [0.4, 0.5) is 5.69 Å². The number of carbonyl (C=O) groups excluding carboxylic acids is 1. The van der Waals surface area contributed by atoms with Gasteiger partial charge in [-0.2, -0.15) is 12.7 Å². The van der Waals surface area contributed by atoms with Gasteiger partial charge in [-0.15, -0.1) is 0 Å². The number of nitrogens with zero attached hydrogens (tertiary/aromatic N) is 3. The Hall–Kier alpha value is -2.45. The number of carbonyl (C=O) groups is 1. The zero-order valence-corrected chi connectivity index (χ0v) is 14.4. The van der Waals surface area contributed by atoms with Crippen molar-refractivity contribution in [2.24, 2.45) is 0 Å². The molecule has 0 fully saturated rings. The first kappa shape index (κ1) is 17.9. The molecular formula is C16H20N4O3S. The summed E-state index contributed by atoms with van der Waals surface area (Å²) in [4.78, 5) is 16.2. The highest BCUT2D eigenvalue weighted by Gasteiger charge is 2.26. The van der Waals surface area contributed by atoms with Crippen LogP contribution in [-0.2, 0) is 21.5 Å². The lowest BCUT2D eigenvalue weighted by Crippen LogP contribution is -2.45. The van der Waals surface area contributed by atoms with E-state index in [1.807, 2.05) is 6.07 Å². The summed E-state index contributed by atoms with van der Waals surface area (Å²) in [6.07, 6.45) is 3.29. The highest BCUT2D eigenvalue weighted by molar-refractivity contribution is 7.90. The summed E-state index contributed by atoms with van der Waals surface area (Å²) in [6, 6.07) is 12.1. The molecule has 1 amide bonds. The second kappa shape index (κ2) is 7.89. The molecule has 2 aromatic rings. The number of hydrogen-bond donors (Lipinski definition) is 1. The molecule has 24 heavy (non-hydrogen) atoms. The van der Waals surface area contributed by atoms with E-state index in [9.17, 15) is 13.2 Å². The topological polar surface area (TPSA) is 82.6 Å². The van der Waals surface area contributed by atoms with Crippen molar-refractivity contribution in [2.45, 2.75) is 6.54 Å². The molecule has 0 radical (unpaired) electrons. The normalized spacial score (nSPS) is 11.3. The molecule has 2 rings (SSSR count). The molecule has 0 aliphatic carbocycles. The monoisotopic (exact) mass is 348 g/mol. The minimum absolute atomic E-state index is 0.289. The SMILES string of the molecule is CN(C)S(=O)(=O)N(CC(=O)NCc1cccnc1)c1ccccc1. The summed E-state index contributed by atoms with van der Waals surface area (Å²) in [5.41, 5.74) is 1.27. The first-order chi connectivity index (χ1) is 11.4. The molecule has 7 nitrogen and oxygen atoms in total. The van der Waals surface area contributed by atoms with Crippen LogP contribution >= 0.6 is 0 Å². The number of pyridine rings is 1. The summed E-state index contributed by atoms with van der Waals surface area (Å²) in [6.45, 7) is -0.0118. The van der Waals surface area contributed by atoms with E-state index in [-0.39, 0.29) is 13.1 Å². The number of rotatable bonds is 7. The fraction of sp³-hybridized carbons (Fsp3) is 0.250. The van der Waals surface area contributed by atoms with Crippen LogP contribution in [0.25, 0.3) is 0 Å². The molecule has 1 N–H and O–H groups in total. The van der Waals surface area contributed by atoms with E-state index in [1.54, 1.807) is 48.8 Å². The predicted octanol–water partition coefficient (Wildman–Crippen LogP) is 1.01. The van der Waals surface area contributed by atoms with Crippen LogP contribution in [0.5, 0.6) is 0 Å². The molecule has 1 aromatic heterocycles. The van der Waals surface area contributed by atoms with Gasteiger partial charge in [0.15, 0.2) is 0 Å². The third kappa shape index (κ3) is 4.53. The van der Waals surface area contributed by atoms with Crippen LogP contribution in [0, 0.1) is 0 Å². The Morgan fingerprint density at radius 3 is 2.42 bits per heavy atom. The van der Waals surface area contributed by atoms with Crippen LogP contribution < -0.4 is 9.62 Å². The maximum Gasteiger partial charge on any atom is 0.304 e. The zero-order valence-electron chi connectivity index (χ0n) is 13.6. The van der Waals surface area contributed by atoms with Crippen LogP contribution in [0.3, 0.4) is 0 Å². The van der Waals surface area contributed by atoms with Crippen LogP contribution in [0.15, 0.2) is 54.9 Å². The van der Waals surface area contributed by atoms with E-state index in [0.29, 0.717) is 5.69 Å². The van der Waals surface area contributed by atoms with Crippen molar-refractivity contribution in [3.05, 3.63) is 60.4 Å². The van der Waals surface area contributed by atoms with Crippen molar-refractivity contribution in [1.29, 1.82) is 0 Å². The Kier molecular flexibility index (Phi) is 5.88. The third-order valence-electron chi connectivity index (χ3n) is 3.28. The summed E-state index contributed by atoms with van der Waals surface area (Å²) < 4.78 is 27.2. The van der Waals surface area contributed by atoms with Gasteiger partial charge in [0, 0.05) is 33.0 Å². The van der Waals surface area contributed by atoms with Crippen molar-refractivity contribution in [2.75, 3.05) is 24.9 Å². The van der Waals surface area contributed by atoms with E-state index in [0.717, 1.165) is 14.2 Å². The summed E-state index contributed by atoms with van der Waals surface area (Å²) in [5.74, 6) is -0.395. The van der Waals surface area contributed by atoms with Gasteiger partial charge in [-0.3, -0.25) is 9.78 Å². The number of benzene rings is 1. The third-order valence-corrected chi connectivity index (χ3v) is 5.10. The van der Waals surface area contributed by atoms with Crippen LogP contribution in [0.2, 0.25) is 0 Å². The van der Waals surface area contributed by atoms with Crippen molar-refractivity contribution >= 4 is 21.8 Å². The molecule has 0 spiro atoms. The maximum atomic E-state index is 12.5. The lowest BCUT2D eigenvalue weighted by Gasteiger charge is -2.26. The van der Waals surface area contributed by atoms with E-state index in [2.05, 4.69) is 10.3 Å². The number of para-hydroxylation sites is 1. The lowest BCUT2D eigenvalue weighted by atomic mass is 10.3. The molecule has 0 aliphatic heterocycles. The average molecular weight is 348 g/mol. The number of anilines is 1. The van der Waals surface area contributed by atoms with Crippen molar-refractivity contribution < 1.29 is 13.2 Å². The number of nitrogens with one attached hydrogen (secondary N) is 1. The largest absolute Gasteiger partial charge is 0.350 e. The summed E-state index contributed by atoms with van der Waals surface area (Å²) >= 11 is 0. The van der Waals surface area contributed by atoms with Gasteiger partial charge < -0.3 is 5.32 Å². The molecular weight excluding hydrogens is 328 g/mol. The fourth-order valence-electron chi connectivity index (χ4n) is 1.99. The van der Waals surface area contributed by atoms with Gasteiger partial charge in [0.2, 0.25) is 5.91 Å². The second-order valence-electron chi connectivity index (χ2n) is 5.27.